The zero-order valence-corrected chi connectivity index (χ0v) is 15.4. The van der Waals surface area contributed by atoms with Gasteiger partial charge in [-0.3, -0.25) is 9.89 Å². The number of likely N-dealkylation sites (tertiary alicyclic amines) is 1. The first-order chi connectivity index (χ1) is 10.4. The average Bonchev–Trinajstić information content (AvgIpc) is 2.98. The first kappa shape index (κ1) is 17.2. The Bertz CT molecular complexity index is 503. The lowest BCUT2D eigenvalue weighted by Crippen LogP contribution is -2.46. The van der Waals surface area contributed by atoms with Gasteiger partial charge in [-0.1, -0.05) is 6.92 Å². The number of rotatable bonds is 4. The highest BCUT2D eigenvalue weighted by atomic mass is 32.1. The van der Waals surface area contributed by atoms with Gasteiger partial charge in [-0.15, -0.1) is 11.3 Å². The third-order valence-corrected chi connectivity index (χ3v) is 5.47. The molecule has 0 bridgehead atoms. The highest BCUT2D eigenvalue weighted by molar-refractivity contribution is 7.11. The van der Waals surface area contributed by atoms with E-state index in [0.29, 0.717) is 18.0 Å². The maximum atomic E-state index is 4.56. The Morgan fingerprint density at radius 1 is 1.41 bits per heavy atom. The van der Waals surface area contributed by atoms with E-state index < -0.39 is 0 Å². The molecule has 1 aromatic rings. The lowest BCUT2D eigenvalue weighted by molar-refractivity contribution is 0.265. The number of hydrogen-bond donors (Lipinski definition) is 2. The van der Waals surface area contributed by atoms with Gasteiger partial charge in [0.25, 0.3) is 0 Å². The monoisotopic (exact) mass is 323 g/mol. The van der Waals surface area contributed by atoms with Crippen molar-refractivity contribution in [2.75, 3.05) is 20.1 Å². The molecule has 0 spiro atoms. The molecule has 22 heavy (non-hydrogen) atoms. The molecular formula is C16H29N5S. The first-order valence-corrected chi connectivity index (χ1v) is 8.86. The maximum Gasteiger partial charge on any atom is 0.191 e. The van der Waals surface area contributed by atoms with Gasteiger partial charge in [0.2, 0.25) is 0 Å². The van der Waals surface area contributed by atoms with Crippen molar-refractivity contribution in [2.24, 2.45) is 10.9 Å². The van der Waals surface area contributed by atoms with E-state index in [2.05, 4.69) is 60.1 Å². The van der Waals surface area contributed by atoms with Crippen LogP contribution in [0.1, 0.15) is 36.3 Å². The molecule has 2 heterocycles. The molecule has 0 aliphatic carbocycles. The Balaban J connectivity index is 1.87. The van der Waals surface area contributed by atoms with Crippen LogP contribution in [-0.2, 0) is 6.54 Å². The molecule has 0 amide bonds. The Kier molecular flexibility index (Phi) is 5.81. The minimum Gasteiger partial charge on any atom is -0.352 e. The van der Waals surface area contributed by atoms with Gasteiger partial charge in [-0.05, 0) is 33.6 Å². The summed E-state index contributed by atoms with van der Waals surface area (Å²) in [6, 6.07) is 1.05. The highest BCUT2D eigenvalue weighted by Crippen LogP contribution is 2.19. The minimum atomic E-state index is 0.452. The Morgan fingerprint density at radius 3 is 2.64 bits per heavy atom. The number of aliphatic imine (C=N–C) groups is 1. The van der Waals surface area contributed by atoms with Crippen LogP contribution >= 0.6 is 11.3 Å². The number of nitrogens with zero attached hydrogens (tertiary/aromatic N) is 3. The minimum absolute atomic E-state index is 0.452. The van der Waals surface area contributed by atoms with Gasteiger partial charge >= 0.3 is 0 Å². The van der Waals surface area contributed by atoms with E-state index >= 15 is 0 Å². The van der Waals surface area contributed by atoms with E-state index in [0.717, 1.165) is 36.3 Å². The number of hydrogen-bond acceptors (Lipinski definition) is 4. The highest BCUT2D eigenvalue weighted by Gasteiger charge is 2.31. The second-order valence-corrected chi connectivity index (χ2v) is 7.74. The summed E-state index contributed by atoms with van der Waals surface area (Å²) in [6.45, 7) is 14.0. The lowest BCUT2D eigenvalue weighted by Gasteiger charge is -2.21. The molecule has 2 rings (SSSR count). The van der Waals surface area contributed by atoms with Gasteiger partial charge in [0.15, 0.2) is 5.96 Å². The smallest absolute Gasteiger partial charge is 0.191 e. The molecule has 124 valence electrons. The summed E-state index contributed by atoms with van der Waals surface area (Å²) in [5, 5.41) is 8.06. The lowest BCUT2D eigenvalue weighted by atomic mass is 10.1. The molecular weight excluding hydrogens is 294 g/mol. The van der Waals surface area contributed by atoms with Crippen molar-refractivity contribution in [2.45, 2.75) is 53.2 Å². The molecule has 2 atom stereocenters. The van der Waals surface area contributed by atoms with Crippen molar-refractivity contribution >= 4 is 17.3 Å². The van der Waals surface area contributed by atoms with E-state index in [1.165, 1.54) is 4.88 Å². The van der Waals surface area contributed by atoms with Gasteiger partial charge in [0.1, 0.15) is 5.01 Å². The summed E-state index contributed by atoms with van der Waals surface area (Å²) in [5.74, 6) is 1.50. The molecule has 6 heteroatoms. The third-order valence-electron chi connectivity index (χ3n) is 4.40. The maximum absolute atomic E-state index is 4.56. The Morgan fingerprint density at radius 2 is 2.14 bits per heavy atom. The molecule has 0 saturated carbocycles. The van der Waals surface area contributed by atoms with Crippen LogP contribution in [0.4, 0.5) is 0 Å². The van der Waals surface area contributed by atoms with Crippen LogP contribution in [0.15, 0.2) is 4.99 Å². The zero-order valence-electron chi connectivity index (χ0n) is 14.6. The largest absolute Gasteiger partial charge is 0.352 e. The summed E-state index contributed by atoms with van der Waals surface area (Å²) in [4.78, 5) is 12.7. The number of nitrogens with one attached hydrogen (secondary N) is 2. The van der Waals surface area contributed by atoms with Gasteiger partial charge in [0.05, 0.1) is 12.2 Å². The summed E-state index contributed by atoms with van der Waals surface area (Å²) < 4.78 is 0. The fourth-order valence-corrected chi connectivity index (χ4v) is 3.63. The quantitative estimate of drug-likeness (QED) is 0.658. The molecule has 1 aromatic heterocycles. The van der Waals surface area contributed by atoms with Gasteiger partial charge in [-0.2, -0.15) is 0 Å². The average molecular weight is 324 g/mol. The number of thiazole rings is 1. The SMILES string of the molecule is CN=C(NCc1nc(C)c(C)s1)NC1CN(C(C)C)CC1C. The topological polar surface area (TPSA) is 52.6 Å². The molecule has 1 saturated heterocycles. The summed E-state index contributed by atoms with van der Waals surface area (Å²) in [7, 11) is 1.83. The van der Waals surface area contributed by atoms with E-state index in [4.69, 9.17) is 0 Å². The number of aryl methyl sites for hydroxylation is 2. The van der Waals surface area contributed by atoms with Crippen LogP contribution < -0.4 is 10.6 Å². The molecule has 2 N–H and O–H groups in total. The van der Waals surface area contributed by atoms with Crippen LogP contribution in [0.5, 0.6) is 0 Å². The second kappa shape index (κ2) is 7.42. The molecule has 0 aromatic carbocycles. The number of guanidine groups is 1. The van der Waals surface area contributed by atoms with E-state index in [-0.39, 0.29) is 0 Å². The normalized spacial score (nSPS) is 23.3. The summed E-state index contributed by atoms with van der Waals surface area (Å²) in [5.41, 5.74) is 1.13. The van der Waals surface area contributed by atoms with Crippen LogP contribution in [-0.4, -0.2) is 48.1 Å². The third kappa shape index (κ3) is 4.20. The van der Waals surface area contributed by atoms with Gasteiger partial charge in [0, 0.05) is 37.1 Å². The van der Waals surface area contributed by atoms with Crippen LogP contribution in [0.3, 0.4) is 0 Å². The predicted molar refractivity (Wildman–Crippen MR) is 94.6 cm³/mol. The van der Waals surface area contributed by atoms with Gasteiger partial charge < -0.3 is 10.6 Å². The van der Waals surface area contributed by atoms with E-state index in [1.54, 1.807) is 11.3 Å². The Hall–Kier alpha value is -1.14. The van der Waals surface area contributed by atoms with Crippen molar-refractivity contribution in [3.8, 4) is 0 Å². The summed E-state index contributed by atoms with van der Waals surface area (Å²) >= 11 is 1.75. The predicted octanol–water partition coefficient (Wildman–Crippen LogP) is 2.15. The molecule has 0 radical (unpaired) electrons. The van der Waals surface area contributed by atoms with Crippen molar-refractivity contribution < 1.29 is 0 Å². The van der Waals surface area contributed by atoms with E-state index in [9.17, 15) is 0 Å². The van der Waals surface area contributed by atoms with Crippen molar-refractivity contribution in [3.05, 3.63) is 15.6 Å². The molecule has 2 unspecified atom stereocenters. The number of aromatic nitrogens is 1. The van der Waals surface area contributed by atoms with Crippen LogP contribution in [0, 0.1) is 19.8 Å². The standard InChI is InChI=1S/C16H29N5S/c1-10(2)21-8-11(3)14(9-21)20-16(17-6)18-7-15-19-12(4)13(5)22-15/h10-11,14H,7-9H2,1-6H3,(H2,17,18,20). The second-order valence-electron chi connectivity index (χ2n) is 6.45. The van der Waals surface area contributed by atoms with Gasteiger partial charge in [-0.25, -0.2) is 4.98 Å². The van der Waals surface area contributed by atoms with Crippen molar-refractivity contribution in [1.29, 1.82) is 0 Å². The van der Waals surface area contributed by atoms with Crippen molar-refractivity contribution in [3.63, 3.8) is 0 Å². The molecule has 1 aliphatic heterocycles. The van der Waals surface area contributed by atoms with Crippen LogP contribution in [0.2, 0.25) is 0 Å². The van der Waals surface area contributed by atoms with Crippen LogP contribution in [0.25, 0.3) is 0 Å². The fraction of sp³-hybridized carbons (Fsp3) is 0.750. The molecule has 1 fully saturated rings. The van der Waals surface area contributed by atoms with E-state index in [1.807, 2.05) is 7.05 Å². The summed E-state index contributed by atoms with van der Waals surface area (Å²) in [6.07, 6.45) is 0. The molecule has 1 aliphatic rings. The first-order valence-electron chi connectivity index (χ1n) is 8.04. The Labute approximate surface area is 138 Å². The molecule has 5 nitrogen and oxygen atoms in total. The zero-order chi connectivity index (χ0) is 16.3. The fourth-order valence-electron chi connectivity index (χ4n) is 2.76. The van der Waals surface area contributed by atoms with Crippen molar-refractivity contribution in [1.82, 2.24) is 20.5 Å².